The van der Waals surface area contributed by atoms with E-state index in [9.17, 15) is 0 Å². The molecule has 0 aliphatic heterocycles. The first-order valence-electron chi connectivity index (χ1n) is 7.99. The lowest BCUT2D eigenvalue weighted by Crippen LogP contribution is -2.33. The lowest BCUT2D eigenvalue weighted by atomic mass is 9.82. The topological polar surface area (TPSA) is 80.9 Å². The van der Waals surface area contributed by atoms with Gasteiger partial charge in [-0.3, -0.25) is 0 Å². The zero-order valence-electron chi connectivity index (χ0n) is 14.1. The smallest absolute Gasteiger partial charge is 0.368 e. The minimum atomic E-state index is -4.61. The molecule has 2 atom stereocenters. The van der Waals surface area contributed by atoms with Crippen LogP contribution in [0.2, 0.25) is 15.8 Å². The van der Waals surface area contributed by atoms with Gasteiger partial charge in [-0.05, 0) is 17.8 Å². The van der Waals surface area contributed by atoms with E-state index in [1.165, 1.54) is 23.4 Å². The zero-order chi connectivity index (χ0) is 16.3. The Hall–Kier alpha value is 0.589. The summed E-state index contributed by atoms with van der Waals surface area (Å²) in [7, 11) is -4.61. The first-order valence-corrected chi connectivity index (χ1v) is 12.2. The van der Waals surface area contributed by atoms with Gasteiger partial charge in [0.2, 0.25) is 0 Å². The van der Waals surface area contributed by atoms with E-state index < -0.39 is 23.2 Å². The minimum absolute atomic E-state index is 0.390. The predicted molar refractivity (Wildman–Crippen MR) is 88.6 cm³/mol. The Bertz CT molecular complexity index is 204. The average Bonchev–Trinajstić information content (AvgIpc) is 2.36. The molecular formula is C14H35AlO4Si. The second kappa shape index (κ2) is 12.2. The fourth-order valence-electron chi connectivity index (χ4n) is 2.64. The van der Waals surface area contributed by atoms with Gasteiger partial charge in [0.1, 0.15) is 0 Å². The lowest BCUT2D eigenvalue weighted by Gasteiger charge is -2.30. The van der Waals surface area contributed by atoms with Crippen LogP contribution in [0.1, 0.15) is 54.4 Å². The highest BCUT2D eigenvalue weighted by Gasteiger charge is 2.26. The SMILES string of the molecule is CCC(C)C([CH2][Al]([CH2]C)[CH2]C)C(C)CC.O[Si](O)(O)O. The summed E-state index contributed by atoms with van der Waals surface area (Å²) >= 11 is -0.390. The fourth-order valence-corrected chi connectivity index (χ4v) is 5.58. The molecule has 4 nitrogen and oxygen atoms in total. The molecule has 122 valence electrons. The molecule has 0 saturated heterocycles. The van der Waals surface area contributed by atoms with Crippen molar-refractivity contribution in [2.75, 3.05) is 0 Å². The molecule has 0 rings (SSSR count). The molecule has 0 aromatic heterocycles. The third-order valence-electron chi connectivity index (χ3n) is 4.51. The van der Waals surface area contributed by atoms with Crippen molar-refractivity contribution in [1.82, 2.24) is 0 Å². The molecule has 0 aliphatic carbocycles. The van der Waals surface area contributed by atoms with Crippen molar-refractivity contribution in [2.45, 2.75) is 70.2 Å². The van der Waals surface area contributed by atoms with Crippen LogP contribution < -0.4 is 0 Å². The van der Waals surface area contributed by atoms with Crippen molar-refractivity contribution >= 4 is 23.2 Å². The van der Waals surface area contributed by atoms with Crippen molar-refractivity contribution in [3.63, 3.8) is 0 Å². The number of hydrogen-bond acceptors (Lipinski definition) is 4. The maximum absolute atomic E-state index is 7.33. The molecule has 0 amide bonds. The van der Waals surface area contributed by atoms with Crippen LogP contribution in [0.3, 0.4) is 0 Å². The van der Waals surface area contributed by atoms with Crippen LogP contribution in [0.4, 0.5) is 0 Å². The molecule has 0 bridgehead atoms. The maximum Gasteiger partial charge on any atom is 0.668 e. The summed E-state index contributed by atoms with van der Waals surface area (Å²) in [6, 6.07) is 0. The van der Waals surface area contributed by atoms with Crippen LogP contribution in [0.5, 0.6) is 0 Å². The van der Waals surface area contributed by atoms with Gasteiger partial charge in [-0.15, -0.1) is 0 Å². The molecule has 0 spiro atoms. The monoisotopic (exact) mass is 322 g/mol. The molecule has 6 heteroatoms. The molecular weight excluding hydrogens is 287 g/mol. The van der Waals surface area contributed by atoms with E-state index >= 15 is 0 Å². The molecule has 4 N–H and O–H groups in total. The van der Waals surface area contributed by atoms with E-state index in [4.69, 9.17) is 19.2 Å². The van der Waals surface area contributed by atoms with Gasteiger partial charge in [0.25, 0.3) is 14.1 Å². The molecule has 0 radical (unpaired) electrons. The standard InChI is InChI=1S/C10H21.2C2H5.Al.H4O4Si/c1-6-8(3)10(5)9(4)7-2;2*1-2;;1-5(2,3)4/h8-10H,5-7H2,1-4H3;2*1H2,2H3;;1-4H. The van der Waals surface area contributed by atoms with Crippen molar-refractivity contribution < 1.29 is 19.2 Å². The third kappa shape index (κ3) is 13.6. The summed E-state index contributed by atoms with van der Waals surface area (Å²) in [5.74, 6) is 2.89. The Morgan fingerprint density at radius 2 is 1.10 bits per heavy atom. The molecule has 0 aliphatic rings. The fraction of sp³-hybridized carbons (Fsp3) is 1.00. The molecule has 0 aromatic rings. The molecule has 0 saturated carbocycles. The number of hydrogen-bond donors (Lipinski definition) is 4. The van der Waals surface area contributed by atoms with Gasteiger partial charge in [-0.1, -0.05) is 70.2 Å². The molecule has 0 aromatic carbocycles. The van der Waals surface area contributed by atoms with Gasteiger partial charge in [-0.25, -0.2) is 0 Å². The predicted octanol–water partition coefficient (Wildman–Crippen LogP) is 2.62. The Balaban J connectivity index is 0. The van der Waals surface area contributed by atoms with Gasteiger partial charge >= 0.3 is 9.05 Å². The van der Waals surface area contributed by atoms with Gasteiger partial charge in [0.05, 0.1) is 0 Å². The van der Waals surface area contributed by atoms with E-state index in [1.54, 1.807) is 5.28 Å². The van der Waals surface area contributed by atoms with Crippen LogP contribution in [-0.2, 0) is 0 Å². The van der Waals surface area contributed by atoms with Crippen molar-refractivity contribution in [2.24, 2.45) is 17.8 Å². The minimum Gasteiger partial charge on any atom is -0.368 e. The van der Waals surface area contributed by atoms with Crippen molar-refractivity contribution in [1.29, 1.82) is 0 Å². The van der Waals surface area contributed by atoms with Crippen LogP contribution in [0.25, 0.3) is 0 Å². The lowest BCUT2D eigenvalue weighted by molar-refractivity contribution is 0.117. The Morgan fingerprint density at radius 1 is 0.800 bits per heavy atom. The zero-order valence-corrected chi connectivity index (χ0v) is 16.3. The summed E-state index contributed by atoms with van der Waals surface area (Å²) in [6.07, 6.45) is 2.73. The summed E-state index contributed by atoms with van der Waals surface area (Å²) in [5.41, 5.74) is 0. The highest BCUT2D eigenvalue weighted by molar-refractivity contribution is 6.58. The number of rotatable bonds is 8. The second-order valence-electron chi connectivity index (χ2n) is 5.95. The first-order chi connectivity index (χ1) is 9.10. The molecule has 0 heterocycles. The van der Waals surface area contributed by atoms with Gasteiger partial charge < -0.3 is 19.2 Å². The van der Waals surface area contributed by atoms with Gasteiger partial charge in [0, 0.05) is 0 Å². The maximum atomic E-state index is 7.33. The summed E-state index contributed by atoms with van der Waals surface area (Å²) in [6.45, 7) is 14.5. The van der Waals surface area contributed by atoms with E-state index in [0.29, 0.717) is 0 Å². The molecule has 0 fully saturated rings. The van der Waals surface area contributed by atoms with E-state index in [0.717, 1.165) is 17.8 Å². The van der Waals surface area contributed by atoms with Crippen molar-refractivity contribution in [3.8, 4) is 0 Å². The van der Waals surface area contributed by atoms with E-state index in [1.807, 2.05) is 0 Å². The first kappa shape index (κ1) is 22.9. The second-order valence-corrected chi connectivity index (χ2v) is 11.0. The van der Waals surface area contributed by atoms with Crippen LogP contribution >= 0.6 is 0 Å². The van der Waals surface area contributed by atoms with Crippen LogP contribution in [0.15, 0.2) is 0 Å². The van der Waals surface area contributed by atoms with Gasteiger partial charge in [0.15, 0.2) is 0 Å². The summed E-state index contributed by atoms with van der Waals surface area (Å²) in [4.78, 5) is 29.3. The van der Waals surface area contributed by atoms with E-state index in [-0.39, 0.29) is 0 Å². The summed E-state index contributed by atoms with van der Waals surface area (Å²) in [5, 5.41) is 4.59. The normalized spacial score (nSPS) is 15.9. The Labute approximate surface area is 130 Å². The highest BCUT2D eigenvalue weighted by Crippen LogP contribution is 2.31. The summed E-state index contributed by atoms with van der Waals surface area (Å²) < 4.78 is 0. The highest BCUT2D eigenvalue weighted by atomic mass is 28.4. The van der Waals surface area contributed by atoms with Crippen molar-refractivity contribution in [3.05, 3.63) is 0 Å². The van der Waals surface area contributed by atoms with E-state index in [2.05, 4.69) is 41.5 Å². The van der Waals surface area contributed by atoms with Gasteiger partial charge in [-0.2, -0.15) is 0 Å². The van der Waals surface area contributed by atoms with Crippen LogP contribution in [0, 0.1) is 17.8 Å². The quantitative estimate of drug-likeness (QED) is 0.518. The third-order valence-corrected chi connectivity index (χ3v) is 8.03. The Kier molecular flexibility index (Phi) is 13.9. The van der Waals surface area contributed by atoms with Crippen LogP contribution in [-0.4, -0.2) is 42.4 Å². The molecule has 2 unspecified atom stereocenters. The molecule has 20 heavy (non-hydrogen) atoms. The average molecular weight is 322 g/mol. The largest absolute Gasteiger partial charge is 0.668 e. The Morgan fingerprint density at radius 3 is 1.30 bits per heavy atom.